The molecule has 5 nitrogen and oxygen atoms in total. The first-order valence-electron chi connectivity index (χ1n) is 7.17. The Hall–Kier alpha value is -1.05. The SMILES string of the molecule is COc1c(C)cnc(CN=C(N)N2CCCCC2)c1C.I. The summed E-state index contributed by atoms with van der Waals surface area (Å²) in [6.45, 7) is 6.54. The molecule has 2 rings (SSSR count). The number of nitrogens with zero attached hydrogens (tertiary/aromatic N) is 3. The molecular weight excluding hydrogens is 379 g/mol. The molecule has 21 heavy (non-hydrogen) atoms. The van der Waals surface area contributed by atoms with Crippen molar-refractivity contribution < 1.29 is 4.74 Å². The molecule has 0 unspecified atom stereocenters. The molecule has 1 aliphatic rings. The normalized spacial score (nSPS) is 15.6. The molecule has 1 fully saturated rings. The Bertz CT molecular complexity index is 499. The lowest BCUT2D eigenvalue weighted by Crippen LogP contribution is -2.40. The zero-order valence-electron chi connectivity index (χ0n) is 13.1. The Kier molecular flexibility index (Phi) is 7.21. The van der Waals surface area contributed by atoms with Gasteiger partial charge >= 0.3 is 0 Å². The van der Waals surface area contributed by atoms with E-state index in [1.54, 1.807) is 7.11 Å². The van der Waals surface area contributed by atoms with E-state index >= 15 is 0 Å². The number of aromatic nitrogens is 1. The topological polar surface area (TPSA) is 63.7 Å². The third-order valence-corrected chi connectivity index (χ3v) is 3.82. The number of hydrogen-bond acceptors (Lipinski definition) is 3. The van der Waals surface area contributed by atoms with Gasteiger partial charge in [-0.05, 0) is 33.1 Å². The maximum absolute atomic E-state index is 6.06. The Morgan fingerprint density at radius 3 is 2.62 bits per heavy atom. The first-order valence-corrected chi connectivity index (χ1v) is 7.17. The maximum atomic E-state index is 6.06. The highest BCUT2D eigenvalue weighted by Gasteiger charge is 2.13. The number of hydrogen-bond donors (Lipinski definition) is 1. The molecule has 0 spiro atoms. The van der Waals surface area contributed by atoms with Crippen LogP contribution in [-0.4, -0.2) is 36.0 Å². The number of nitrogens with two attached hydrogens (primary N) is 1. The van der Waals surface area contributed by atoms with Crippen LogP contribution in [0.1, 0.15) is 36.1 Å². The molecule has 0 aromatic carbocycles. The number of likely N-dealkylation sites (tertiary alicyclic amines) is 1. The monoisotopic (exact) mass is 404 g/mol. The van der Waals surface area contributed by atoms with Gasteiger partial charge in [0.25, 0.3) is 0 Å². The van der Waals surface area contributed by atoms with Gasteiger partial charge in [-0.15, -0.1) is 24.0 Å². The van der Waals surface area contributed by atoms with Crippen molar-refractivity contribution in [2.75, 3.05) is 20.2 Å². The van der Waals surface area contributed by atoms with Gasteiger partial charge in [-0.25, -0.2) is 4.99 Å². The molecule has 0 bridgehead atoms. The van der Waals surface area contributed by atoms with Gasteiger partial charge in [-0.1, -0.05) is 0 Å². The number of piperidine rings is 1. The fourth-order valence-corrected chi connectivity index (χ4v) is 2.61. The van der Waals surface area contributed by atoms with Crippen LogP contribution >= 0.6 is 24.0 Å². The van der Waals surface area contributed by atoms with Crippen molar-refractivity contribution in [2.45, 2.75) is 39.7 Å². The first-order chi connectivity index (χ1) is 9.63. The second-order valence-corrected chi connectivity index (χ2v) is 5.27. The van der Waals surface area contributed by atoms with Gasteiger partial charge in [0, 0.05) is 30.4 Å². The molecule has 1 saturated heterocycles. The lowest BCUT2D eigenvalue weighted by Gasteiger charge is -2.27. The maximum Gasteiger partial charge on any atom is 0.191 e. The lowest BCUT2D eigenvalue weighted by molar-refractivity contribution is 0.338. The smallest absolute Gasteiger partial charge is 0.191 e. The van der Waals surface area contributed by atoms with Crippen molar-refractivity contribution >= 4 is 29.9 Å². The van der Waals surface area contributed by atoms with E-state index in [2.05, 4.69) is 14.9 Å². The molecule has 118 valence electrons. The van der Waals surface area contributed by atoms with Gasteiger partial charge in [0.1, 0.15) is 5.75 Å². The Labute approximate surface area is 144 Å². The Morgan fingerprint density at radius 1 is 1.33 bits per heavy atom. The van der Waals surface area contributed by atoms with Crippen LogP contribution in [0.15, 0.2) is 11.2 Å². The lowest BCUT2D eigenvalue weighted by atomic mass is 10.1. The third kappa shape index (κ3) is 4.46. The Balaban J connectivity index is 0.00000220. The van der Waals surface area contributed by atoms with Gasteiger partial charge < -0.3 is 15.4 Å². The van der Waals surface area contributed by atoms with Gasteiger partial charge in [0.15, 0.2) is 5.96 Å². The zero-order chi connectivity index (χ0) is 14.5. The second-order valence-electron chi connectivity index (χ2n) is 5.27. The Morgan fingerprint density at radius 2 is 2.00 bits per heavy atom. The van der Waals surface area contributed by atoms with Crippen LogP contribution in [0.3, 0.4) is 0 Å². The van der Waals surface area contributed by atoms with Crippen LogP contribution in [0.4, 0.5) is 0 Å². The third-order valence-electron chi connectivity index (χ3n) is 3.82. The van der Waals surface area contributed by atoms with Crippen LogP contribution in [0.2, 0.25) is 0 Å². The number of methoxy groups -OCH3 is 1. The molecule has 1 aromatic heterocycles. The number of ether oxygens (including phenoxy) is 1. The van der Waals surface area contributed by atoms with Gasteiger partial charge in [-0.3, -0.25) is 4.98 Å². The predicted molar refractivity (Wildman–Crippen MR) is 96.4 cm³/mol. The van der Waals surface area contributed by atoms with Crippen LogP contribution in [0.5, 0.6) is 5.75 Å². The molecule has 2 heterocycles. The summed E-state index contributed by atoms with van der Waals surface area (Å²) in [5.74, 6) is 1.52. The summed E-state index contributed by atoms with van der Waals surface area (Å²) >= 11 is 0. The van der Waals surface area contributed by atoms with E-state index in [0.717, 1.165) is 35.7 Å². The summed E-state index contributed by atoms with van der Waals surface area (Å²) in [6, 6.07) is 0. The van der Waals surface area contributed by atoms with E-state index in [0.29, 0.717) is 12.5 Å². The zero-order valence-corrected chi connectivity index (χ0v) is 15.4. The van der Waals surface area contributed by atoms with E-state index in [1.807, 2.05) is 20.0 Å². The van der Waals surface area contributed by atoms with E-state index in [-0.39, 0.29) is 24.0 Å². The van der Waals surface area contributed by atoms with Gasteiger partial charge in [0.2, 0.25) is 0 Å². The molecule has 1 aliphatic heterocycles. The highest BCUT2D eigenvalue weighted by molar-refractivity contribution is 14.0. The van der Waals surface area contributed by atoms with Crippen molar-refractivity contribution in [3.8, 4) is 5.75 Å². The van der Waals surface area contributed by atoms with Crippen molar-refractivity contribution in [1.82, 2.24) is 9.88 Å². The summed E-state index contributed by atoms with van der Waals surface area (Å²) < 4.78 is 5.41. The molecule has 0 atom stereocenters. The molecule has 2 N–H and O–H groups in total. The van der Waals surface area contributed by atoms with E-state index in [9.17, 15) is 0 Å². The number of aliphatic imine (C=N–C) groups is 1. The first kappa shape index (κ1) is 18.0. The standard InChI is InChI=1S/C15H24N4O.HI/c1-11-9-17-13(12(2)14(11)20-3)10-18-15(16)19-7-5-4-6-8-19;/h9H,4-8,10H2,1-3H3,(H2,16,18);1H. The number of pyridine rings is 1. The molecular formula is C15H25IN4O. The minimum atomic E-state index is 0. The molecule has 0 amide bonds. The predicted octanol–water partition coefficient (Wildman–Crippen LogP) is 2.63. The number of rotatable bonds is 3. The minimum absolute atomic E-state index is 0. The quantitative estimate of drug-likeness (QED) is 0.478. The summed E-state index contributed by atoms with van der Waals surface area (Å²) in [6.07, 6.45) is 5.52. The summed E-state index contributed by atoms with van der Waals surface area (Å²) in [4.78, 5) is 11.1. The molecule has 6 heteroatoms. The van der Waals surface area contributed by atoms with Crippen LogP contribution in [-0.2, 0) is 6.54 Å². The van der Waals surface area contributed by atoms with Crippen LogP contribution in [0, 0.1) is 13.8 Å². The van der Waals surface area contributed by atoms with Crippen molar-refractivity contribution in [3.05, 3.63) is 23.0 Å². The summed E-state index contributed by atoms with van der Waals surface area (Å²) in [7, 11) is 1.68. The van der Waals surface area contributed by atoms with E-state index < -0.39 is 0 Å². The molecule has 0 radical (unpaired) electrons. The molecule has 1 aromatic rings. The average Bonchev–Trinajstić information content (AvgIpc) is 2.47. The molecule has 0 aliphatic carbocycles. The van der Waals surface area contributed by atoms with Gasteiger partial charge in [-0.2, -0.15) is 0 Å². The van der Waals surface area contributed by atoms with E-state index in [4.69, 9.17) is 10.5 Å². The molecule has 0 saturated carbocycles. The van der Waals surface area contributed by atoms with Crippen molar-refractivity contribution in [2.24, 2.45) is 10.7 Å². The minimum Gasteiger partial charge on any atom is -0.496 e. The van der Waals surface area contributed by atoms with Crippen LogP contribution < -0.4 is 10.5 Å². The largest absolute Gasteiger partial charge is 0.496 e. The van der Waals surface area contributed by atoms with E-state index in [1.165, 1.54) is 19.3 Å². The van der Waals surface area contributed by atoms with Crippen LogP contribution in [0.25, 0.3) is 0 Å². The number of guanidine groups is 1. The highest BCUT2D eigenvalue weighted by atomic mass is 127. The highest BCUT2D eigenvalue weighted by Crippen LogP contribution is 2.24. The van der Waals surface area contributed by atoms with Crippen molar-refractivity contribution in [3.63, 3.8) is 0 Å². The fraction of sp³-hybridized carbons (Fsp3) is 0.600. The summed E-state index contributed by atoms with van der Waals surface area (Å²) in [5, 5.41) is 0. The van der Waals surface area contributed by atoms with Crippen molar-refractivity contribution in [1.29, 1.82) is 0 Å². The average molecular weight is 404 g/mol. The number of halogens is 1. The van der Waals surface area contributed by atoms with Gasteiger partial charge in [0.05, 0.1) is 19.3 Å². The second kappa shape index (κ2) is 8.41. The fourth-order valence-electron chi connectivity index (χ4n) is 2.61. The number of aryl methyl sites for hydroxylation is 1. The summed E-state index contributed by atoms with van der Waals surface area (Å²) in [5.41, 5.74) is 9.07.